The molecule has 1 aliphatic heterocycles. The Balaban J connectivity index is 1.56. The summed E-state index contributed by atoms with van der Waals surface area (Å²) in [6.07, 6.45) is 5.57. The average Bonchev–Trinajstić information content (AvgIpc) is 3.26. The summed E-state index contributed by atoms with van der Waals surface area (Å²) in [4.78, 5) is 2.66. The quantitative estimate of drug-likeness (QED) is 0.885. The van der Waals surface area contributed by atoms with Gasteiger partial charge in [0, 0.05) is 19.1 Å². The Morgan fingerprint density at radius 1 is 1.15 bits per heavy atom. The van der Waals surface area contributed by atoms with Crippen molar-refractivity contribution in [1.82, 2.24) is 10.2 Å². The van der Waals surface area contributed by atoms with Gasteiger partial charge in [-0.1, -0.05) is 18.2 Å². The maximum Gasteiger partial charge on any atom is 0.0239 e. The van der Waals surface area contributed by atoms with Gasteiger partial charge in [-0.2, -0.15) is 0 Å². The number of piperidine rings is 1. The van der Waals surface area contributed by atoms with Gasteiger partial charge < -0.3 is 5.32 Å². The van der Waals surface area contributed by atoms with Crippen molar-refractivity contribution < 1.29 is 0 Å². The molecule has 1 aromatic carbocycles. The van der Waals surface area contributed by atoms with E-state index in [0.29, 0.717) is 0 Å². The Morgan fingerprint density at radius 2 is 1.90 bits per heavy atom. The molecule has 1 atom stereocenters. The molecule has 2 aliphatic rings. The third kappa shape index (κ3) is 3.62. The number of rotatable bonds is 5. The van der Waals surface area contributed by atoms with Gasteiger partial charge in [-0.05, 0) is 75.2 Å². The highest BCUT2D eigenvalue weighted by atomic mass is 15.1. The molecule has 0 bridgehead atoms. The normalized spacial score (nSPS) is 24.0. The minimum Gasteiger partial charge on any atom is -0.314 e. The molecule has 1 saturated carbocycles. The summed E-state index contributed by atoms with van der Waals surface area (Å²) in [5.41, 5.74) is 4.44. The van der Waals surface area contributed by atoms with E-state index >= 15 is 0 Å². The summed E-state index contributed by atoms with van der Waals surface area (Å²) in [6.45, 7) is 9.41. The number of aryl methyl sites for hydroxylation is 2. The van der Waals surface area contributed by atoms with E-state index in [1.807, 2.05) is 0 Å². The predicted octanol–water partition coefficient (Wildman–Crippen LogP) is 3.27. The minimum absolute atomic E-state index is 0.851. The fourth-order valence-corrected chi connectivity index (χ4v) is 3.40. The zero-order valence-corrected chi connectivity index (χ0v) is 13.0. The standard InChI is InChI=1S/C18H28N2/c1-14-5-3-6-15(2)18(14)13-20-10-4-7-16(12-20)11-19-17-8-9-17/h3,5-6,16-17,19H,4,7-13H2,1-2H3. The molecule has 0 spiro atoms. The number of nitrogens with one attached hydrogen (secondary N) is 1. The fraction of sp³-hybridized carbons (Fsp3) is 0.667. The van der Waals surface area contributed by atoms with Gasteiger partial charge in [0.1, 0.15) is 0 Å². The molecule has 0 aromatic heterocycles. The SMILES string of the molecule is Cc1cccc(C)c1CN1CCCC(CNC2CC2)C1. The zero-order chi connectivity index (χ0) is 13.9. The second-order valence-corrected chi connectivity index (χ2v) is 6.80. The second kappa shape index (κ2) is 6.28. The van der Waals surface area contributed by atoms with Gasteiger partial charge in [-0.25, -0.2) is 0 Å². The summed E-state index contributed by atoms with van der Waals surface area (Å²) in [6, 6.07) is 7.52. The summed E-state index contributed by atoms with van der Waals surface area (Å²) < 4.78 is 0. The molecule has 110 valence electrons. The first kappa shape index (κ1) is 14.1. The lowest BCUT2D eigenvalue weighted by Gasteiger charge is -2.33. The highest BCUT2D eigenvalue weighted by Crippen LogP contribution is 2.23. The molecule has 20 heavy (non-hydrogen) atoms. The van der Waals surface area contributed by atoms with Gasteiger partial charge >= 0.3 is 0 Å². The first-order valence-electron chi connectivity index (χ1n) is 8.23. The Morgan fingerprint density at radius 3 is 2.60 bits per heavy atom. The summed E-state index contributed by atoms with van der Waals surface area (Å²) in [7, 11) is 0. The number of hydrogen-bond acceptors (Lipinski definition) is 2. The maximum absolute atomic E-state index is 3.71. The molecule has 2 nitrogen and oxygen atoms in total. The predicted molar refractivity (Wildman–Crippen MR) is 84.9 cm³/mol. The van der Waals surface area contributed by atoms with Crippen molar-refractivity contribution >= 4 is 0 Å². The monoisotopic (exact) mass is 272 g/mol. The van der Waals surface area contributed by atoms with Crippen LogP contribution in [-0.2, 0) is 6.54 Å². The van der Waals surface area contributed by atoms with Crippen LogP contribution in [0.5, 0.6) is 0 Å². The minimum atomic E-state index is 0.851. The van der Waals surface area contributed by atoms with E-state index in [0.717, 1.165) is 18.5 Å². The Hall–Kier alpha value is -0.860. The summed E-state index contributed by atoms with van der Waals surface area (Å²) in [5, 5.41) is 3.71. The molecule has 1 aromatic rings. The maximum atomic E-state index is 3.71. The van der Waals surface area contributed by atoms with Crippen molar-refractivity contribution in [3.63, 3.8) is 0 Å². The molecule has 1 heterocycles. The topological polar surface area (TPSA) is 15.3 Å². The van der Waals surface area contributed by atoms with E-state index in [9.17, 15) is 0 Å². The van der Waals surface area contributed by atoms with Crippen LogP contribution in [0.25, 0.3) is 0 Å². The van der Waals surface area contributed by atoms with Crippen molar-refractivity contribution in [1.29, 1.82) is 0 Å². The third-order valence-electron chi connectivity index (χ3n) is 4.90. The highest BCUT2D eigenvalue weighted by Gasteiger charge is 2.25. The lowest BCUT2D eigenvalue weighted by molar-refractivity contribution is 0.164. The van der Waals surface area contributed by atoms with Gasteiger partial charge in [0.25, 0.3) is 0 Å². The number of hydrogen-bond donors (Lipinski definition) is 1. The molecule has 2 heteroatoms. The van der Waals surface area contributed by atoms with Crippen LogP contribution in [0.15, 0.2) is 18.2 Å². The van der Waals surface area contributed by atoms with Crippen molar-refractivity contribution in [2.24, 2.45) is 5.92 Å². The third-order valence-corrected chi connectivity index (χ3v) is 4.90. The van der Waals surface area contributed by atoms with E-state index in [-0.39, 0.29) is 0 Å². The molecule has 1 aliphatic carbocycles. The van der Waals surface area contributed by atoms with E-state index in [4.69, 9.17) is 0 Å². The summed E-state index contributed by atoms with van der Waals surface area (Å²) in [5.74, 6) is 0.855. The molecule has 2 fully saturated rings. The van der Waals surface area contributed by atoms with Gasteiger partial charge in [0.2, 0.25) is 0 Å². The Labute approximate surface area is 123 Å². The van der Waals surface area contributed by atoms with Gasteiger partial charge in [0.05, 0.1) is 0 Å². The number of likely N-dealkylation sites (tertiary alicyclic amines) is 1. The van der Waals surface area contributed by atoms with Crippen molar-refractivity contribution in [2.45, 2.75) is 52.1 Å². The average molecular weight is 272 g/mol. The van der Waals surface area contributed by atoms with Crippen LogP contribution in [-0.4, -0.2) is 30.6 Å². The largest absolute Gasteiger partial charge is 0.314 e. The van der Waals surface area contributed by atoms with Crippen LogP contribution in [0.4, 0.5) is 0 Å². The molecule has 3 rings (SSSR count). The zero-order valence-electron chi connectivity index (χ0n) is 13.0. The molecule has 1 saturated heterocycles. The van der Waals surface area contributed by atoms with E-state index < -0.39 is 0 Å². The molecular weight excluding hydrogens is 244 g/mol. The highest BCUT2D eigenvalue weighted by molar-refractivity contribution is 5.33. The summed E-state index contributed by atoms with van der Waals surface area (Å²) >= 11 is 0. The second-order valence-electron chi connectivity index (χ2n) is 6.80. The van der Waals surface area contributed by atoms with Crippen molar-refractivity contribution in [2.75, 3.05) is 19.6 Å². The molecule has 1 unspecified atom stereocenters. The fourth-order valence-electron chi connectivity index (χ4n) is 3.40. The van der Waals surface area contributed by atoms with Crippen LogP contribution in [0, 0.1) is 19.8 Å². The Bertz CT molecular complexity index is 430. The number of benzene rings is 1. The lowest BCUT2D eigenvalue weighted by Crippen LogP contribution is -2.39. The van der Waals surface area contributed by atoms with Crippen LogP contribution in [0.1, 0.15) is 42.4 Å². The van der Waals surface area contributed by atoms with Crippen LogP contribution < -0.4 is 5.32 Å². The van der Waals surface area contributed by atoms with E-state index in [2.05, 4.69) is 42.3 Å². The van der Waals surface area contributed by atoms with E-state index in [1.54, 1.807) is 5.56 Å². The molecule has 0 amide bonds. The molecular formula is C18H28N2. The van der Waals surface area contributed by atoms with Crippen molar-refractivity contribution in [3.8, 4) is 0 Å². The van der Waals surface area contributed by atoms with Gasteiger partial charge in [-0.3, -0.25) is 4.90 Å². The Kier molecular flexibility index (Phi) is 4.42. The smallest absolute Gasteiger partial charge is 0.0239 e. The van der Waals surface area contributed by atoms with Crippen LogP contribution >= 0.6 is 0 Å². The van der Waals surface area contributed by atoms with Crippen LogP contribution in [0.2, 0.25) is 0 Å². The van der Waals surface area contributed by atoms with Crippen LogP contribution in [0.3, 0.4) is 0 Å². The molecule has 0 radical (unpaired) electrons. The number of nitrogens with zero attached hydrogens (tertiary/aromatic N) is 1. The van der Waals surface area contributed by atoms with Gasteiger partial charge in [-0.15, -0.1) is 0 Å². The lowest BCUT2D eigenvalue weighted by atomic mass is 9.96. The van der Waals surface area contributed by atoms with E-state index in [1.165, 1.54) is 56.4 Å². The van der Waals surface area contributed by atoms with Crippen molar-refractivity contribution in [3.05, 3.63) is 34.9 Å². The first-order chi connectivity index (χ1) is 9.72. The van der Waals surface area contributed by atoms with Gasteiger partial charge in [0.15, 0.2) is 0 Å². The first-order valence-corrected chi connectivity index (χ1v) is 8.23. The molecule has 1 N–H and O–H groups in total.